The Morgan fingerprint density at radius 3 is 2.11 bits per heavy atom. The van der Waals surface area contributed by atoms with Gasteiger partial charge in [-0.15, -0.1) is 0 Å². The van der Waals surface area contributed by atoms with Gasteiger partial charge in [-0.05, 0) is 79.6 Å². The molecule has 0 saturated carbocycles. The van der Waals surface area contributed by atoms with Crippen LogP contribution in [0.15, 0.2) is 42.5 Å². The van der Waals surface area contributed by atoms with Crippen molar-refractivity contribution in [3.8, 4) is 11.5 Å². The number of hydrogen-bond acceptors (Lipinski definition) is 3. The molecule has 0 radical (unpaired) electrons. The van der Waals surface area contributed by atoms with E-state index in [0.717, 1.165) is 28.7 Å². The average Bonchev–Trinajstić information content (AvgIpc) is 2.60. The summed E-state index contributed by atoms with van der Waals surface area (Å²) in [7, 11) is 0. The molecule has 3 nitrogen and oxygen atoms in total. The monoisotopic (exact) mass is 372 g/mol. The number of aryl methyl sites for hydroxylation is 4. The second kappa shape index (κ2) is 6.37. The van der Waals surface area contributed by atoms with Crippen molar-refractivity contribution in [2.24, 2.45) is 0 Å². The minimum absolute atomic E-state index is 0.111. The molecule has 0 aliphatic carbocycles. The first-order valence-electron chi connectivity index (χ1n) is 9.83. The van der Waals surface area contributed by atoms with Gasteiger partial charge < -0.3 is 4.74 Å². The van der Waals surface area contributed by atoms with E-state index >= 15 is 0 Å². The van der Waals surface area contributed by atoms with Crippen LogP contribution in [0.4, 0.5) is 17.2 Å². The van der Waals surface area contributed by atoms with Gasteiger partial charge in [0.1, 0.15) is 0 Å². The molecule has 2 aromatic carbocycles. The molecule has 2 heterocycles. The summed E-state index contributed by atoms with van der Waals surface area (Å²) in [5, 5.41) is 0. The van der Waals surface area contributed by atoms with Crippen LogP contribution in [0, 0.1) is 27.7 Å². The number of aromatic nitrogens is 1. The van der Waals surface area contributed by atoms with Crippen molar-refractivity contribution in [2.45, 2.75) is 53.9 Å². The van der Waals surface area contributed by atoms with Crippen LogP contribution < -0.4 is 9.64 Å². The van der Waals surface area contributed by atoms with Crippen LogP contribution in [0.25, 0.3) is 0 Å². The minimum Gasteiger partial charge on any atom is -0.451 e. The Hall–Kier alpha value is -2.81. The predicted molar refractivity (Wildman–Crippen MR) is 117 cm³/mol. The molecule has 0 saturated heterocycles. The lowest BCUT2D eigenvalue weighted by molar-refractivity contribution is 0.473. The number of rotatable bonds is 1. The van der Waals surface area contributed by atoms with Crippen LogP contribution in [-0.2, 0) is 5.41 Å². The third kappa shape index (κ3) is 3.05. The summed E-state index contributed by atoms with van der Waals surface area (Å²) in [6, 6.07) is 14.9. The molecule has 0 fully saturated rings. The highest BCUT2D eigenvalue weighted by Crippen LogP contribution is 2.51. The SMILES string of the molecule is Cc1ccc2c(c1)N(c1c(C)cc(C(C)(C)C)cc1C)c1nc(C)ccc1O2. The number of nitrogens with zero attached hydrogens (tertiary/aromatic N) is 2. The van der Waals surface area contributed by atoms with E-state index in [-0.39, 0.29) is 5.41 Å². The molecule has 1 aliphatic rings. The van der Waals surface area contributed by atoms with Gasteiger partial charge in [-0.2, -0.15) is 0 Å². The first-order valence-corrected chi connectivity index (χ1v) is 9.83. The normalized spacial score (nSPS) is 13.0. The van der Waals surface area contributed by atoms with E-state index in [1.807, 2.05) is 19.1 Å². The van der Waals surface area contributed by atoms with Gasteiger partial charge in [-0.25, -0.2) is 4.98 Å². The van der Waals surface area contributed by atoms with E-state index in [1.165, 1.54) is 27.9 Å². The van der Waals surface area contributed by atoms with Gasteiger partial charge in [0.05, 0.1) is 11.4 Å². The smallest absolute Gasteiger partial charge is 0.181 e. The molecule has 0 amide bonds. The van der Waals surface area contributed by atoms with Gasteiger partial charge in [0, 0.05) is 5.69 Å². The van der Waals surface area contributed by atoms with Gasteiger partial charge in [0.2, 0.25) is 0 Å². The van der Waals surface area contributed by atoms with Crippen molar-refractivity contribution in [2.75, 3.05) is 4.90 Å². The van der Waals surface area contributed by atoms with E-state index in [4.69, 9.17) is 9.72 Å². The number of anilines is 3. The Labute approximate surface area is 168 Å². The van der Waals surface area contributed by atoms with E-state index in [9.17, 15) is 0 Å². The van der Waals surface area contributed by atoms with Gasteiger partial charge in [-0.1, -0.05) is 39.0 Å². The van der Waals surface area contributed by atoms with Gasteiger partial charge in [0.15, 0.2) is 17.3 Å². The molecule has 0 atom stereocenters. The summed E-state index contributed by atoms with van der Waals surface area (Å²) in [5.74, 6) is 2.51. The summed E-state index contributed by atoms with van der Waals surface area (Å²) in [4.78, 5) is 7.12. The fraction of sp³-hybridized carbons (Fsp3) is 0.320. The first kappa shape index (κ1) is 18.5. The van der Waals surface area contributed by atoms with Crippen LogP contribution in [0.3, 0.4) is 0 Å². The van der Waals surface area contributed by atoms with Crippen LogP contribution in [0.1, 0.15) is 48.7 Å². The van der Waals surface area contributed by atoms with E-state index < -0.39 is 0 Å². The minimum atomic E-state index is 0.111. The van der Waals surface area contributed by atoms with E-state index in [1.54, 1.807) is 0 Å². The zero-order chi connectivity index (χ0) is 20.2. The molecule has 4 rings (SSSR count). The zero-order valence-corrected chi connectivity index (χ0v) is 17.8. The quantitative estimate of drug-likeness (QED) is 0.353. The Kier molecular flexibility index (Phi) is 4.22. The second-order valence-corrected chi connectivity index (χ2v) is 8.89. The highest BCUT2D eigenvalue weighted by Gasteiger charge is 2.30. The van der Waals surface area contributed by atoms with Crippen molar-refractivity contribution in [3.63, 3.8) is 0 Å². The van der Waals surface area contributed by atoms with Crippen molar-refractivity contribution in [1.82, 2.24) is 4.98 Å². The molecule has 3 heteroatoms. The molecule has 144 valence electrons. The fourth-order valence-corrected chi connectivity index (χ4v) is 3.86. The van der Waals surface area contributed by atoms with E-state index in [2.05, 4.69) is 76.8 Å². The first-order chi connectivity index (χ1) is 13.1. The van der Waals surface area contributed by atoms with Crippen LogP contribution in [0.5, 0.6) is 11.5 Å². The molecule has 1 aromatic heterocycles. The molecule has 1 aliphatic heterocycles. The van der Waals surface area contributed by atoms with Crippen molar-refractivity contribution in [3.05, 3.63) is 70.4 Å². The third-order valence-corrected chi connectivity index (χ3v) is 5.35. The topological polar surface area (TPSA) is 25.4 Å². The number of pyridine rings is 1. The zero-order valence-electron chi connectivity index (χ0n) is 17.8. The number of ether oxygens (including phenoxy) is 1. The number of benzene rings is 2. The maximum atomic E-state index is 6.19. The van der Waals surface area contributed by atoms with Crippen molar-refractivity contribution in [1.29, 1.82) is 0 Å². The fourth-order valence-electron chi connectivity index (χ4n) is 3.86. The number of hydrogen-bond donors (Lipinski definition) is 0. The molecular formula is C25H28N2O. The molecule has 3 aromatic rings. The maximum Gasteiger partial charge on any atom is 0.181 e. The summed E-state index contributed by atoms with van der Waals surface area (Å²) in [6.45, 7) is 15.3. The summed E-state index contributed by atoms with van der Waals surface area (Å²) in [6.07, 6.45) is 0. The average molecular weight is 373 g/mol. The lowest BCUT2D eigenvalue weighted by atomic mass is 9.84. The lowest BCUT2D eigenvalue weighted by Crippen LogP contribution is -2.20. The predicted octanol–water partition coefficient (Wildman–Crippen LogP) is 7.19. The lowest BCUT2D eigenvalue weighted by Gasteiger charge is -2.35. The second-order valence-electron chi connectivity index (χ2n) is 8.89. The molecule has 0 unspecified atom stereocenters. The van der Waals surface area contributed by atoms with Crippen molar-refractivity contribution < 1.29 is 4.74 Å². The van der Waals surface area contributed by atoms with Gasteiger partial charge >= 0.3 is 0 Å². The van der Waals surface area contributed by atoms with Crippen LogP contribution >= 0.6 is 0 Å². The van der Waals surface area contributed by atoms with Crippen LogP contribution in [-0.4, -0.2) is 4.98 Å². The summed E-state index contributed by atoms with van der Waals surface area (Å²) < 4.78 is 6.19. The molecule has 28 heavy (non-hydrogen) atoms. The van der Waals surface area contributed by atoms with Gasteiger partial charge in [-0.3, -0.25) is 4.90 Å². The Morgan fingerprint density at radius 2 is 1.46 bits per heavy atom. The van der Waals surface area contributed by atoms with Crippen LogP contribution in [0.2, 0.25) is 0 Å². The highest BCUT2D eigenvalue weighted by atomic mass is 16.5. The molecule has 0 spiro atoms. The standard InChI is InChI=1S/C25H28N2O/c1-15-8-10-21-20(12-15)27(24-22(28-21)11-9-18(4)26-24)23-16(2)13-19(14-17(23)3)25(5,6)7/h8-14H,1-7H3. The third-order valence-electron chi connectivity index (χ3n) is 5.35. The summed E-state index contributed by atoms with van der Waals surface area (Å²) >= 11 is 0. The van der Waals surface area contributed by atoms with Crippen molar-refractivity contribution >= 4 is 17.2 Å². The van der Waals surface area contributed by atoms with E-state index in [0.29, 0.717) is 0 Å². The number of fused-ring (bicyclic) bond motifs is 2. The maximum absolute atomic E-state index is 6.19. The Bertz CT molecular complexity index is 1000. The molecule has 0 bridgehead atoms. The molecule has 0 N–H and O–H groups in total. The summed E-state index contributed by atoms with van der Waals surface area (Å²) in [5.41, 5.74) is 8.35. The van der Waals surface area contributed by atoms with Gasteiger partial charge in [0.25, 0.3) is 0 Å². The Morgan fingerprint density at radius 1 is 0.821 bits per heavy atom. The molecular weight excluding hydrogens is 344 g/mol. The highest BCUT2D eigenvalue weighted by molar-refractivity contribution is 5.87. The Balaban J connectivity index is 2.00. The largest absolute Gasteiger partial charge is 0.451 e.